The Morgan fingerprint density at radius 1 is 1.27 bits per heavy atom. The number of aromatic carboxylic acids is 1. The standard InChI is InChI=1S/C12H10O2S/c1-8-6-7-15-11(8)9-4-2-3-5-10(9)12(13)14/h2-7H,1H3,(H,13,14). The molecule has 76 valence electrons. The highest BCUT2D eigenvalue weighted by molar-refractivity contribution is 7.13. The van der Waals surface area contributed by atoms with E-state index in [4.69, 9.17) is 5.11 Å². The van der Waals surface area contributed by atoms with Gasteiger partial charge >= 0.3 is 5.97 Å². The summed E-state index contributed by atoms with van der Waals surface area (Å²) >= 11 is 1.57. The van der Waals surface area contributed by atoms with E-state index in [1.54, 1.807) is 23.5 Å². The number of benzene rings is 1. The number of carboxylic acids is 1. The van der Waals surface area contributed by atoms with Crippen molar-refractivity contribution >= 4 is 17.3 Å². The molecule has 0 radical (unpaired) electrons. The zero-order valence-electron chi connectivity index (χ0n) is 8.23. The van der Waals surface area contributed by atoms with Crippen LogP contribution in [0.5, 0.6) is 0 Å². The molecule has 2 nitrogen and oxygen atoms in total. The molecule has 2 aromatic rings. The third-order valence-corrected chi connectivity index (χ3v) is 3.31. The molecule has 0 fully saturated rings. The van der Waals surface area contributed by atoms with Crippen LogP contribution in [0.15, 0.2) is 35.7 Å². The fourth-order valence-electron chi connectivity index (χ4n) is 1.52. The highest BCUT2D eigenvalue weighted by atomic mass is 32.1. The van der Waals surface area contributed by atoms with E-state index in [9.17, 15) is 4.79 Å². The molecule has 0 unspecified atom stereocenters. The van der Waals surface area contributed by atoms with Crippen LogP contribution in [0, 0.1) is 6.92 Å². The Morgan fingerprint density at radius 3 is 2.60 bits per heavy atom. The van der Waals surface area contributed by atoms with Crippen LogP contribution in [-0.4, -0.2) is 11.1 Å². The Balaban J connectivity index is 2.63. The maximum atomic E-state index is 11.0. The van der Waals surface area contributed by atoms with Crippen LogP contribution >= 0.6 is 11.3 Å². The third-order valence-electron chi connectivity index (χ3n) is 2.26. The maximum Gasteiger partial charge on any atom is 0.336 e. The average molecular weight is 218 g/mol. The van der Waals surface area contributed by atoms with Crippen LogP contribution in [0.3, 0.4) is 0 Å². The monoisotopic (exact) mass is 218 g/mol. The minimum atomic E-state index is -0.876. The summed E-state index contributed by atoms with van der Waals surface area (Å²) in [6, 6.07) is 9.09. The van der Waals surface area contributed by atoms with Gasteiger partial charge in [-0.25, -0.2) is 4.79 Å². The minimum absolute atomic E-state index is 0.364. The molecular formula is C12H10O2S. The predicted molar refractivity (Wildman–Crippen MR) is 61.5 cm³/mol. The van der Waals surface area contributed by atoms with Crippen LogP contribution in [0.25, 0.3) is 10.4 Å². The fourth-order valence-corrected chi connectivity index (χ4v) is 2.48. The summed E-state index contributed by atoms with van der Waals surface area (Å²) in [6.45, 7) is 1.99. The normalized spacial score (nSPS) is 10.2. The van der Waals surface area contributed by atoms with Gasteiger partial charge in [-0.05, 0) is 30.0 Å². The Labute approximate surface area is 91.8 Å². The van der Waals surface area contributed by atoms with Gasteiger partial charge in [0.2, 0.25) is 0 Å². The molecule has 0 bridgehead atoms. The van der Waals surface area contributed by atoms with E-state index in [0.717, 1.165) is 16.0 Å². The zero-order valence-corrected chi connectivity index (χ0v) is 9.04. The molecule has 0 atom stereocenters. The minimum Gasteiger partial charge on any atom is -0.478 e. The fraction of sp³-hybridized carbons (Fsp3) is 0.0833. The van der Waals surface area contributed by atoms with Crippen LogP contribution in [-0.2, 0) is 0 Å². The van der Waals surface area contributed by atoms with E-state index in [-0.39, 0.29) is 0 Å². The molecule has 1 aromatic carbocycles. The van der Waals surface area contributed by atoms with Gasteiger partial charge in [0.05, 0.1) is 5.56 Å². The van der Waals surface area contributed by atoms with Crippen molar-refractivity contribution < 1.29 is 9.90 Å². The molecule has 0 amide bonds. The molecule has 0 aliphatic carbocycles. The lowest BCUT2D eigenvalue weighted by Gasteiger charge is -2.04. The van der Waals surface area contributed by atoms with Crippen molar-refractivity contribution in [2.24, 2.45) is 0 Å². The molecular weight excluding hydrogens is 208 g/mol. The number of aryl methyl sites for hydroxylation is 1. The summed E-state index contributed by atoms with van der Waals surface area (Å²) in [7, 11) is 0. The molecule has 0 saturated carbocycles. The summed E-state index contributed by atoms with van der Waals surface area (Å²) < 4.78 is 0. The van der Waals surface area contributed by atoms with Crippen LogP contribution in [0.1, 0.15) is 15.9 Å². The smallest absolute Gasteiger partial charge is 0.336 e. The van der Waals surface area contributed by atoms with Crippen molar-refractivity contribution in [1.82, 2.24) is 0 Å². The zero-order chi connectivity index (χ0) is 10.8. The first-order valence-electron chi connectivity index (χ1n) is 4.57. The quantitative estimate of drug-likeness (QED) is 0.838. The predicted octanol–water partition coefficient (Wildman–Crippen LogP) is 3.42. The van der Waals surface area contributed by atoms with Crippen LogP contribution in [0.4, 0.5) is 0 Å². The molecule has 0 aliphatic heterocycles. The molecule has 0 spiro atoms. The van der Waals surface area contributed by atoms with Crippen molar-refractivity contribution in [3.05, 3.63) is 46.8 Å². The summed E-state index contributed by atoms with van der Waals surface area (Å²) in [5.74, 6) is -0.876. The number of rotatable bonds is 2. The Bertz CT molecular complexity index is 500. The summed E-state index contributed by atoms with van der Waals surface area (Å²) in [5.41, 5.74) is 2.29. The highest BCUT2D eigenvalue weighted by Crippen LogP contribution is 2.31. The first-order chi connectivity index (χ1) is 7.20. The second-order valence-corrected chi connectivity index (χ2v) is 4.20. The third kappa shape index (κ3) is 1.78. The maximum absolute atomic E-state index is 11.0. The van der Waals surface area contributed by atoms with Gasteiger partial charge in [-0.1, -0.05) is 18.2 Å². The van der Waals surface area contributed by atoms with E-state index in [2.05, 4.69) is 0 Å². The molecule has 0 aliphatic rings. The largest absolute Gasteiger partial charge is 0.478 e. The number of thiophene rings is 1. The van der Waals surface area contributed by atoms with Crippen molar-refractivity contribution in [1.29, 1.82) is 0 Å². The van der Waals surface area contributed by atoms with Gasteiger partial charge in [0.15, 0.2) is 0 Å². The molecule has 15 heavy (non-hydrogen) atoms. The first kappa shape index (κ1) is 9.93. The summed E-state index contributed by atoms with van der Waals surface area (Å²) in [4.78, 5) is 12.1. The van der Waals surface area contributed by atoms with E-state index in [1.165, 1.54) is 0 Å². The summed E-state index contributed by atoms with van der Waals surface area (Å²) in [6.07, 6.45) is 0. The lowest BCUT2D eigenvalue weighted by atomic mass is 10.0. The Morgan fingerprint density at radius 2 is 2.00 bits per heavy atom. The lowest BCUT2D eigenvalue weighted by molar-refractivity contribution is 0.0698. The van der Waals surface area contributed by atoms with Gasteiger partial charge < -0.3 is 5.11 Å². The van der Waals surface area contributed by atoms with Gasteiger partial charge in [0.1, 0.15) is 0 Å². The van der Waals surface area contributed by atoms with Crippen molar-refractivity contribution in [3.8, 4) is 10.4 Å². The van der Waals surface area contributed by atoms with Gasteiger partial charge in [0, 0.05) is 10.4 Å². The van der Waals surface area contributed by atoms with Crippen molar-refractivity contribution in [3.63, 3.8) is 0 Å². The topological polar surface area (TPSA) is 37.3 Å². The van der Waals surface area contributed by atoms with Crippen molar-refractivity contribution in [2.75, 3.05) is 0 Å². The SMILES string of the molecule is Cc1ccsc1-c1ccccc1C(=O)O. The van der Waals surface area contributed by atoms with E-state index in [0.29, 0.717) is 5.56 Å². The lowest BCUT2D eigenvalue weighted by Crippen LogP contribution is -1.98. The average Bonchev–Trinajstić information content (AvgIpc) is 2.64. The molecule has 0 saturated heterocycles. The molecule has 2 rings (SSSR count). The van der Waals surface area contributed by atoms with Crippen molar-refractivity contribution in [2.45, 2.75) is 6.92 Å². The van der Waals surface area contributed by atoms with Crippen LogP contribution in [0.2, 0.25) is 0 Å². The van der Waals surface area contributed by atoms with Gasteiger partial charge in [-0.3, -0.25) is 0 Å². The second kappa shape index (κ2) is 3.87. The Kier molecular flexibility index (Phi) is 2.56. The van der Waals surface area contributed by atoms with Crippen LogP contribution < -0.4 is 0 Å². The van der Waals surface area contributed by atoms with E-state index in [1.807, 2.05) is 30.5 Å². The number of hydrogen-bond donors (Lipinski definition) is 1. The number of carboxylic acid groups (broad SMARTS) is 1. The molecule has 1 aromatic heterocycles. The molecule has 1 heterocycles. The van der Waals surface area contributed by atoms with Gasteiger partial charge in [0.25, 0.3) is 0 Å². The second-order valence-electron chi connectivity index (χ2n) is 3.28. The van der Waals surface area contributed by atoms with E-state index < -0.39 is 5.97 Å². The van der Waals surface area contributed by atoms with Gasteiger partial charge in [-0.15, -0.1) is 11.3 Å². The van der Waals surface area contributed by atoms with E-state index >= 15 is 0 Å². The highest BCUT2D eigenvalue weighted by Gasteiger charge is 2.12. The Hall–Kier alpha value is -1.61. The summed E-state index contributed by atoms with van der Waals surface area (Å²) in [5, 5.41) is 11.0. The molecule has 1 N–H and O–H groups in total. The molecule has 3 heteroatoms. The number of hydrogen-bond acceptors (Lipinski definition) is 2. The first-order valence-corrected chi connectivity index (χ1v) is 5.45. The number of carbonyl (C=O) groups is 1. The van der Waals surface area contributed by atoms with Gasteiger partial charge in [-0.2, -0.15) is 0 Å².